The average Bonchev–Trinajstić information content (AvgIpc) is 3.39. The molecule has 3 aromatic carbocycles. The SMILES string of the molecule is CC(=O)c1cc(-c2ccc(C3CCNCC3)cc2)cc(-n2cc(-c3ccc(C(F)(F)F)cc3)nn2)c1. The first-order valence-electron chi connectivity index (χ1n) is 11.9. The van der Waals surface area contributed by atoms with E-state index in [2.05, 4.69) is 39.9 Å². The van der Waals surface area contributed by atoms with E-state index in [1.165, 1.54) is 29.3 Å². The van der Waals surface area contributed by atoms with Gasteiger partial charge in [0.15, 0.2) is 5.78 Å². The highest BCUT2D eigenvalue weighted by Gasteiger charge is 2.30. The van der Waals surface area contributed by atoms with Crippen molar-refractivity contribution < 1.29 is 18.0 Å². The molecule has 184 valence electrons. The maximum absolute atomic E-state index is 12.9. The van der Waals surface area contributed by atoms with Crippen molar-refractivity contribution in [2.75, 3.05) is 13.1 Å². The maximum Gasteiger partial charge on any atom is 0.416 e. The molecule has 1 fully saturated rings. The zero-order valence-electron chi connectivity index (χ0n) is 19.7. The van der Waals surface area contributed by atoms with Gasteiger partial charge in [0.05, 0.1) is 17.4 Å². The summed E-state index contributed by atoms with van der Waals surface area (Å²) in [6.07, 6.45) is -0.509. The molecular formula is C28H25F3N4O. The fourth-order valence-corrected chi connectivity index (χ4v) is 4.57. The minimum atomic E-state index is -4.40. The molecule has 1 aliphatic rings. The molecule has 4 aromatic rings. The average molecular weight is 491 g/mol. The summed E-state index contributed by atoms with van der Waals surface area (Å²) in [7, 11) is 0. The normalized spacial score (nSPS) is 14.7. The van der Waals surface area contributed by atoms with E-state index in [-0.39, 0.29) is 5.78 Å². The lowest BCUT2D eigenvalue weighted by Gasteiger charge is -2.23. The Morgan fingerprint density at radius 2 is 1.58 bits per heavy atom. The zero-order valence-corrected chi connectivity index (χ0v) is 19.7. The van der Waals surface area contributed by atoms with Gasteiger partial charge in [-0.25, -0.2) is 4.68 Å². The van der Waals surface area contributed by atoms with Crippen molar-refractivity contribution in [1.82, 2.24) is 20.3 Å². The van der Waals surface area contributed by atoms with Gasteiger partial charge in [-0.15, -0.1) is 5.10 Å². The van der Waals surface area contributed by atoms with Gasteiger partial charge in [0, 0.05) is 11.1 Å². The second kappa shape index (κ2) is 9.70. The number of hydrogen-bond donors (Lipinski definition) is 1. The number of piperidine rings is 1. The molecule has 5 rings (SSSR count). The molecule has 5 nitrogen and oxygen atoms in total. The summed E-state index contributed by atoms with van der Waals surface area (Å²) in [4.78, 5) is 12.3. The molecule has 0 atom stereocenters. The predicted molar refractivity (Wildman–Crippen MR) is 132 cm³/mol. The molecule has 8 heteroatoms. The third kappa shape index (κ3) is 5.09. The van der Waals surface area contributed by atoms with E-state index in [4.69, 9.17) is 0 Å². The molecule has 0 spiro atoms. The number of alkyl halides is 3. The number of Topliss-reactive ketones (excluding diaryl/α,β-unsaturated/α-hetero) is 1. The van der Waals surface area contributed by atoms with Crippen LogP contribution in [0, 0.1) is 0 Å². The number of carbonyl (C=O) groups excluding carboxylic acids is 1. The van der Waals surface area contributed by atoms with Crippen LogP contribution in [0.1, 0.15) is 47.2 Å². The minimum Gasteiger partial charge on any atom is -0.317 e. The second-order valence-corrected chi connectivity index (χ2v) is 9.09. The van der Waals surface area contributed by atoms with E-state index in [0.29, 0.717) is 28.4 Å². The summed E-state index contributed by atoms with van der Waals surface area (Å²) in [5.74, 6) is 0.477. The first kappa shape index (κ1) is 23.9. The molecule has 0 radical (unpaired) electrons. The number of nitrogens with one attached hydrogen (secondary N) is 1. The van der Waals surface area contributed by atoms with Crippen LogP contribution in [0.25, 0.3) is 28.1 Å². The van der Waals surface area contributed by atoms with Crippen LogP contribution in [0.5, 0.6) is 0 Å². The number of aromatic nitrogens is 3. The second-order valence-electron chi connectivity index (χ2n) is 9.09. The van der Waals surface area contributed by atoms with Gasteiger partial charge in [-0.3, -0.25) is 4.79 Å². The first-order chi connectivity index (χ1) is 17.3. The fraction of sp³-hybridized carbons (Fsp3) is 0.250. The highest BCUT2D eigenvalue weighted by atomic mass is 19.4. The van der Waals surface area contributed by atoms with E-state index in [0.717, 1.165) is 49.2 Å². The molecule has 1 aromatic heterocycles. The van der Waals surface area contributed by atoms with Gasteiger partial charge in [-0.1, -0.05) is 41.6 Å². The summed E-state index contributed by atoms with van der Waals surface area (Å²) in [5, 5.41) is 11.7. The Morgan fingerprint density at radius 1 is 0.917 bits per heavy atom. The van der Waals surface area contributed by atoms with Gasteiger partial charge in [0.1, 0.15) is 5.69 Å². The number of nitrogens with zero attached hydrogens (tertiary/aromatic N) is 3. The summed E-state index contributed by atoms with van der Waals surface area (Å²) < 4.78 is 40.2. The van der Waals surface area contributed by atoms with Crippen molar-refractivity contribution in [3.63, 3.8) is 0 Å². The number of ketones is 1. The lowest BCUT2D eigenvalue weighted by Crippen LogP contribution is -2.26. The number of carbonyl (C=O) groups is 1. The molecular weight excluding hydrogens is 465 g/mol. The van der Waals surface area contributed by atoms with Gasteiger partial charge in [-0.05, 0) is 85.8 Å². The molecule has 2 heterocycles. The van der Waals surface area contributed by atoms with E-state index in [1.54, 1.807) is 12.3 Å². The monoisotopic (exact) mass is 490 g/mol. The van der Waals surface area contributed by atoms with Gasteiger partial charge >= 0.3 is 6.18 Å². The molecule has 0 aliphatic carbocycles. The highest BCUT2D eigenvalue weighted by molar-refractivity contribution is 5.96. The molecule has 0 bridgehead atoms. The van der Waals surface area contributed by atoms with E-state index >= 15 is 0 Å². The van der Waals surface area contributed by atoms with Gasteiger partial charge in [0.2, 0.25) is 0 Å². The van der Waals surface area contributed by atoms with Gasteiger partial charge in [0.25, 0.3) is 0 Å². The summed E-state index contributed by atoms with van der Waals surface area (Å²) in [5.41, 5.74) is 4.60. The largest absolute Gasteiger partial charge is 0.416 e. The maximum atomic E-state index is 12.9. The van der Waals surface area contributed by atoms with Crippen LogP contribution in [-0.2, 0) is 6.18 Å². The number of rotatable bonds is 5. The van der Waals surface area contributed by atoms with Crippen molar-refractivity contribution >= 4 is 5.78 Å². The molecule has 0 amide bonds. The molecule has 1 aliphatic heterocycles. The fourth-order valence-electron chi connectivity index (χ4n) is 4.57. The van der Waals surface area contributed by atoms with Crippen molar-refractivity contribution in [3.8, 4) is 28.1 Å². The third-order valence-electron chi connectivity index (χ3n) is 6.64. The van der Waals surface area contributed by atoms with Crippen LogP contribution in [0.4, 0.5) is 13.2 Å². The van der Waals surface area contributed by atoms with E-state index in [9.17, 15) is 18.0 Å². The summed E-state index contributed by atoms with van der Waals surface area (Å²) in [6.45, 7) is 3.57. The Balaban J connectivity index is 1.45. The minimum absolute atomic E-state index is 0.0764. The smallest absolute Gasteiger partial charge is 0.317 e. The van der Waals surface area contributed by atoms with Crippen LogP contribution in [0.15, 0.2) is 72.9 Å². The topological polar surface area (TPSA) is 59.8 Å². The molecule has 36 heavy (non-hydrogen) atoms. The summed E-state index contributed by atoms with van der Waals surface area (Å²) >= 11 is 0. The zero-order chi connectivity index (χ0) is 25.3. The van der Waals surface area contributed by atoms with Gasteiger partial charge in [-0.2, -0.15) is 13.2 Å². The van der Waals surface area contributed by atoms with Crippen molar-refractivity contribution in [1.29, 1.82) is 0 Å². The lowest BCUT2D eigenvalue weighted by molar-refractivity contribution is -0.137. The Labute approximate surface area is 207 Å². The molecule has 0 unspecified atom stereocenters. The van der Waals surface area contributed by atoms with Crippen LogP contribution >= 0.6 is 0 Å². The standard InChI is InChI=1S/C28H25F3N4O/c1-18(36)23-14-24(20-4-2-19(3-5-20)21-10-12-32-13-11-21)16-26(15-23)35-17-27(33-34-35)22-6-8-25(9-7-22)28(29,30)31/h2-9,14-17,21,32H,10-13H2,1H3. The van der Waals surface area contributed by atoms with Crippen LogP contribution in [-0.4, -0.2) is 33.9 Å². The van der Waals surface area contributed by atoms with Crippen LogP contribution in [0.3, 0.4) is 0 Å². The number of benzene rings is 3. The molecule has 1 N–H and O–H groups in total. The Morgan fingerprint density at radius 3 is 2.22 bits per heavy atom. The van der Waals surface area contributed by atoms with Crippen molar-refractivity contribution in [2.24, 2.45) is 0 Å². The first-order valence-corrected chi connectivity index (χ1v) is 11.9. The lowest BCUT2D eigenvalue weighted by atomic mass is 9.89. The molecule has 1 saturated heterocycles. The van der Waals surface area contributed by atoms with Crippen molar-refractivity contribution in [2.45, 2.75) is 31.9 Å². The Hall–Kier alpha value is -3.78. The van der Waals surface area contributed by atoms with Crippen LogP contribution < -0.4 is 5.32 Å². The predicted octanol–water partition coefficient (Wildman–Crippen LogP) is 6.29. The highest BCUT2D eigenvalue weighted by Crippen LogP contribution is 2.32. The summed E-state index contributed by atoms with van der Waals surface area (Å²) in [6, 6.07) is 18.8. The Kier molecular flexibility index (Phi) is 6.45. The van der Waals surface area contributed by atoms with E-state index in [1.807, 2.05) is 12.1 Å². The Bertz CT molecular complexity index is 1370. The van der Waals surface area contributed by atoms with Crippen LogP contribution in [0.2, 0.25) is 0 Å². The van der Waals surface area contributed by atoms with Crippen molar-refractivity contribution in [3.05, 3.63) is 89.6 Å². The number of halogens is 3. The quantitative estimate of drug-likeness (QED) is 0.334. The number of hydrogen-bond acceptors (Lipinski definition) is 4. The third-order valence-corrected chi connectivity index (χ3v) is 6.64. The van der Waals surface area contributed by atoms with E-state index < -0.39 is 11.7 Å². The molecule has 0 saturated carbocycles. The van der Waals surface area contributed by atoms with Gasteiger partial charge < -0.3 is 5.32 Å².